The van der Waals surface area contributed by atoms with Gasteiger partial charge in [0.15, 0.2) is 5.79 Å². The first-order chi connectivity index (χ1) is 9.59. The molecule has 1 saturated heterocycles. The molecule has 3 heteroatoms. The molecular formula is C18H30O3. The normalized spacial score (nSPS) is 56.9. The van der Waals surface area contributed by atoms with E-state index in [4.69, 9.17) is 9.47 Å². The quantitative estimate of drug-likeness (QED) is 0.744. The summed E-state index contributed by atoms with van der Waals surface area (Å²) in [5, 5.41) is 11.0. The summed E-state index contributed by atoms with van der Waals surface area (Å²) in [5.74, 6) is 1.76. The summed E-state index contributed by atoms with van der Waals surface area (Å²) >= 11 is 0. The van der Waals surface area contributed by atoms with Gasteiger partial charge in [-0.15, -0.1) is 0 Å². The standard InChI is InChI=1S/C18H30O3/c1-15(2)11-7-9-18(10-20-16(3,4)21-18)12-6-8-17(5,19)14(12)13(11)15/h11-14,19H,6-10H2,1-5H3. The van der Waals surface area contributed by atoms with Gasteiger partial charge in [-0.3, -0.25) is 0 Å². The Morgan fingerprint density at radius 1 is 0.905 bits per heavy atom. The van der Waals surface area contributed by atoms with Crippen LogP contribution in [0.2, 0.25) is 0 Å². The molecular weight excluding hydrogens is 264 g/mol. The van der Waals surface area contributed by atoms with Crippen LogP contribution in [0.4, 0.5) is 0 Å². The predicted molar refractivity (Wildman–Crippen MR) is 80.7 cm³/mol. The van der Waals surface area contributed by atoms with Crippen LogP contribution in [-0.2, 0) is 9.47 Å². The molecule has 4 fully saturated rings. The molecule has 120 valence electrons. The number of ether oxygens (including phenoxy) is 2. The third-order valence-corrected chi connectivity index (χ3v) is 7.31. The van der Waals surface area contributed by atoms with Crippen molar-refractivity contribution in [3.63, 3.8) is 0 Å². The molecule has 4 aliphatic rings. The van der Waals surface area contributed by atoms with Crippen molar-refractivity contribution in [2.45, 2.75) is 77.3 Å². The van der Waals surface area contributed by atoms with Gasteiger partial charge in [0.05, 0.1) is 17.8 Å². The molecule has 0 bridgehead atoms. The van der Waals surface area contributed by atoms with Gasteiger partial charge in [-0.05, 0) is 75.5 Å². The zero-order valence-electron chi connectivity index (χ0n) is 14.1. The molecule has 3 saturated carbocycles. The minimum Gasteiger partial charge on any atom is -0.390 e. The number of rotatable bonds is 0. The Hall–Kier alpha value is -0.120. The molecule has 0 aromatic heterocycles. The SMILES string of the molecule is CC1(C)OCC2(CCC3C(C4C2CCC4(C)O)C3(C)C)O1. The summed E-state index contributed by atoms with van der Waals surface area (Å²) < 4.78 is 12.4. The van der Waals surface area contributed by atoms with Crippen molar-refractivity contribution in [1.29, 1.82) is 0 Å². The number of fused-ring (bicyclic) bond motifs is 4. The van der Waals surface area contributed by atoms with E-state index in [9.17, 15) is 5.11 Å². The van der Waals surface area contributed by atoms with Gasteiger partial charge in [0, 0.05) is 0 Å². The molecule has 4 rings (SSSR count). The third kappa shape index (κ3) is 1.83. The van der Waals surface area contributed by atoms with Crippen molar-refractivity contribution in [3.05, 3.63) is 0 Å². The van der Waals surface area contributed by atoms with E-state index in [1.54, 1.807) is 0 Å². The minimum atomic E-state index is -0.533. The second-order valence-electron chi connectivity index (χ2n) is 9.38. The first-order valence-electron chi connectivity index (χ1n) is 8.66. The summed E-state index contributed by atoms with van der Waals surface area (Å²) in [7, 11) is 0. The van der Waals surface area contributed by atoms with Gasteiger partial charge < -0.3 is 14.6 Å². The number of hydrogen-bond donors (Lipinski definition) is 1. The van der Waals surface area contributed by atoms with Crippen molar-refractivity contribution >= 4 is 0 Å². The Balaban J connectivity index is 1.73. The molecule has 6 atom stereocenters. The summed E-state index contributed by atoms with van der Waals surface area (Å²) in [6.07, 6.45) is 4.31. The topological polar surface area (TPSA) is 38.7 Å². The first kappa shape index (κ1) is 14.5. The maximum absolute atomic E-state index is 11.0. The third-order valence-electron chi connectivity index (χ3n) is 7.31. The maximum Gasteiger partial charge on any atom is 0.163 e. The second-order valence-corrected chi connectivity index (χ2v) is 9.38. The first-order valence-corrected chi connectivity index (χ1v) is 8.66. The van der Waals surface area contributed by atoms with E-state index in [0.717, 1.165) is 25.2 Å². The van der Waals surface area contributed by atoms with Gasteiger partial charge in [-0.1, -0.05) is 13.8 Å². The average Bonchev–Trinajstić information content (AvgIpc) is 2.59. The molecule has 1 heterocycles. The fourth-order valence-corrected chi connectivity index (χ4v) is 6.24. The van der Waals surface area contributed by atoms with Gasteiger partial charge >= 0.3 is 0 Å². The van der Waals surface area contributed by atoms with Crippen LogP contribution < -0.4 is 0 Å². The van der Waals surface area contributed by atoms with Crippen molar-refractivity contribution in [2.24, 2.45) is 29.1 Å². The summed E-state index contributed by atoms with van der Waals surface area (Å²) in [4.78, 5) is 0. The fraction of sp³-hybridized carbons (Fsp3) is 1.00. The van der Waals surface area contributed by atoms with Crippen LogP contribution in [0, 0.1) is 29.1 Å². The molecule has 0 amide bonds. The van der Waals surface area contributed by atoms with Crippen molar-refractivity contribution in [1.82, 2.24) is 0 Å². The van der Waals surface area contributed by atoms with E-state index in [0.29, 0.717) is 29.8 Å². The van der Waals surface area contributed by atoms with Crippen LogP contribution in [0.25, 0.3) is 0 Å². The zero-order chi connectivity index (χ0) is 15.3. The molecule has 0 aromatic rings. The molecule has 0 radical (unpaired) electrons. The van der Waals surface area contributed by atoms with E-state index in [-0.39, 0.29) is 5.60 Å². The molecule has 1 N–H and O–H groups in total. The van der Waals surface area contributed by atoms with Crippen LogP contribution in [0.1, 0.15) is 60.3 Å². The Morgan fingerprint density at radius 2 is 1.57 bits per heavy atom. The lowest BCUT2D eigenvalue weighted by molar-refractivity contribution is -0.182. The Bertz CT molecular complexity index is 467. The number of aliphatic hydroxyl groups is 1. The van der Waals surface area contributed by atoms with Gasteiger partial charge in [0.1, 0.15) is 0 Å². The van der Waals surface area contributed by atoms with Crippen LogP contribution in [0.3, 0.4) is 0 Å². The highest BCUT2D eigenvalue weighted by Gasteiger charge is 2.71. The number of hydrogen-bond acceptors (Lipinski definition) is 3. The Morgan fingerprint density at radius 3 is 2.19 bits per heavy atom. The van der Waals surface area contributed by atoms with Gasteiger partial charge in [0.2, 0.25) is 0 Å². The van der Waals surface area contributed by atoms with Crippen LogP contribution in [-0.4, -0.2) is 28.7 Å². The van der Waals surface area contributed by atoms with Crippen LogP contribution >= 0.6 is 0 Å². The fourth-order valence-electron chi connectivity index (χ4n) is 6.24. The van der Waals surface area contributed by atoms with Crippen molar-refractivity contribution < 1.29 is 14.6 Å². The second kappa shape index (κ2) is 3.85. The maximum atomic E-state index is 11.0. The lowest BCUT2D eigenvalue weighted by Crippen LogP contribution is -2.47. The lowest BCUT2D eigenvalue weighted by atomic mass is 9.72. The lowest BCUT2D eigenvalue weighted by Gasteiger charge is -2.40. The molecule has 1 aliphatic heterocycles. The Labute approximate surface area is 128 Å². The van der Waals surface area contributed by atoms with E-state index < -0.39 is 11.4 Å². The highest BCUT2D eigenvalue weighted by Crippen LogP contribution is 2.72. The minimum absolute atomic E-state index is 0.155. The molecule has 3 aliphatic carbocycles. The van der Waals surface area contributed by atoms with Gasteiger partial charge in [-0.2, -0.15) is 0 Å². The molecule has 6 unspecified atom stereocenters. The van der Waals surface area contributed by atoms with Gasteiger partial charge in [0.25, 0.3) is 0 Å². The highest BCUT2D eigenvalue weighted by atomic mass is 16.8. The predicted octanol–water partition coefficient (Wildman–Crippen LogP) is 3.35. The Kier molecular flexibility index (Phi) is 2.66. The molecule has 0 aromatic carbocycles. The van der Waals surface area contributed by atoms with E-state index >= 15 is 0 Å². The van der Waals surface area contributed by atoms with Crippen molar-refractivity contribution in [2.75, 3.05) is 6.61 Å². The molecule has 3 nitrogen and oxygen atoms in total. The van der Waals surface area contributed by atoms with Crippen molar-refractivity contribution in [3.8, 4) is 0 Å². The summed E-state index contributed by atoms with van der Waals surface area (Å²) in [5.41, 5.74) is -0.291. The van der Waals surface area contributed by atoms with Gasteiger partial charge in [-0.25, -0.2) is 0 Å². The van der Waals surface area contributed by atoms with Crippen LogP contribution in [0.5, 0.6) is 0 Å². The summed E-state index contributed by atoms with van der Waals surface area (Å²) in [6.45, 7) is 11.6. The van der Waals surface area contributed by atoms with E-state index in [1.807, 2.05) is 13.8 Å². The highest BCUT2D eigenvalue weighted by molar-refractivity contribution is 5.19. The average molecular weight is 294 g/mol. The molecule has 1 spiro atoms. The summed E-state index contributed by atoms with van der Waals surface area (Å²) in [6, 6.07) is 0. The van der Waals surface area contributed by atoms with Crippen LogP contribution in [0.15, 0.2) is 0 Å². The van der Waals surface area contributed by atoms with E-state index in [2.05, 4.69) is 20.8 Å². The monoisotopic (exact) mass is 294 g/mol. The molecule has 21 heavy (non-hydrogen) atoms. The smallest absolute Gasteiger partial charge is 0.163 e. The largest absolute Gasteiger partial charge is 0.390 e. The van der Waals surface area contributed by atoms with E-state index in [1.165, 1.54) is 6.42 Å². The zero-order valence-corrected chi connectivity index (χ0v) is 14.1.